The molecular formula is C17H20N2O3. The van der Waals surface area contributed by atoms with Crippen LogP contribution in [0.3, 0.4) is 0 Å². The number of hydrogen-bond donors (Lipinski definition) is 2. The van der Waals surface area contributed by atoms with Gasteiger partial charge in [-0.25, -0.2) is 4.98 Å². The number of benzene rings is 1. The number of nitrogens with zero attached hydrogens (tertiary/aromatic N) is 1. The molecule has 0 unspecified atom stereocenters. The van der Waals surface area contributed by atoms with Crippen LogP contribution >= 0.6 is 0 Å². The van der Waals surface area contributed by atoms with Crippen molar-refractivity contribution < 1.29 is 14.6 Å². The van der Waals surface area contributed by atoms with Gasteiger partial charge in [0.15, 0.2) is 0 Å². The van der Waals surface area contributed by atoms with E-state index in [4.69, 9.17) is 9.84 Å². The Morgan fingerprint density at radius 1 is 1.18 bits per heavy atom. The number of aliphatic carboxylic acids is 1. The molecule has 0 amide bonds. The molecule has 5 nitrogen and oxygen atoms in total. The number of aromatic nitrogens is 1. The standard InChI is InChI=1S/C17H20N2O3/c1-17(2,3)12-4-7-14(8-5-12)22-15-9-6-13(10-19-15)18-11-16(20)21/h4-10,18H,11H2,1-3H3,(H,20,21). The summed E-state index contributed by atoms with van der Waals surface area (Å²) in [5.74, 6) is 0.260. The first kappa shape index (κ1) is 15.8. The second-order valence-corrected chi connectivity index (χ2v) is 6.01. The second kappa shape index (κ2) is 6.47. The van der Waals surface area contributed by atoms with Gasteiger partial charge in [0.1, 0.15) is 12.3 Å². The summed E-state index contributed by atoms with van der Waals surface area (Å²) in [6, 6.07) is 11.3. The highest BCUT2D eigenvalue weighted by Gasteiger charge is 2.13. The van der Waals surface area contributed by atoms with E-state index in [9.17, 15) is 4.79 Å². The Labute approximate surface area is 130 Å². The molecule has 1 aromatic carbocycles. The highest BCUT2D eigenvalue weighted by molar-refractivity contribution is 5.72. The van der Waals surface area contributed by atoms with Crippen LogP contribution in [0.15, 0.2) is 42.6 Å². The largest absolute Gasteiger partial charge is 0.480 e. The fraction of sp³-hybridized carbons (Fsp3) is 0.294. The maximum atomic E-state index is 10.5. The lowest BCUT2D eigenvalue weighted by Gasteiger charge is -2.19. The summed E-state index contributed by atoms with van der Waals surface area (Å²) in [7, 11) is 0. The van der Waals surface area contributed by atoms with Gasteiger partial charge in [-0.2, -0.15) is 0 Å². The zero-order valence-corrected chi connectivity index (χ0v) is 13.0. The highest BCUT2D eigenvalue weighted by atomic mass is 16.5. The number of ether oxygens (including phenoxy) is 1. The molecule has 0 aliphatic rings. The first-order valence-corrected chi connectivity index (χ1v) is 7.05. The molecule has 0 saturated heterocycles. The van der Waals surface area contributed by atoms with Crippen LogP contribution in [0.1, 0.15) is 26.3 Å². The average molecular weight is 300 g/mol. The van der Waals surface area contributed by atoms with Crippen LogP contribution in [0.4, 0.5) is 5.69 Å². The van der Waals surface area contributed by atoms with Crippen LogP contribution in [0.5, 0.6) is 11.6 Å². The Morgan fingerprint density at radius 2 is 1.86 bits per heavy atom. The molecule has 0 saturated carbocycles. The highest BCUT2D eigenvalue weighted by Crippen LogP contribution is 2.26. The summed E-state index contributed by atoms with van der Waals surface area (Å²) in [5.41, 5.74) is 1.98. The molecular weight excluding hydrogens is 280 g/mol. The maximum absolute atomic E-state index is 10.5. The van der Waals surface area contributed by atoms with Crippen molar-refractivity contribution in [3.8, 4) is 11.6 Å². The third-order valence-corrected chi connectivity index (χ3v) is 3.12. The van der Waals surface area contributed by atoms with Crippen LogP contribution in [0.2, 0.25) is 0 Å². The van der Waals surface area contributed by atoms with Gasteiger partial charge in [0.2, 0.25) is 5.88 Å². The summed E-state index contributed by atoms with van der Waals surface area (Å²) >= 11 is 0. The number of pyridine rings is 1. The number of hydrogen-bond acceptors (Lipinski definition) is 4. The Morgan fingerprint density at radius 3 is 2.36 bits per heavy atom. The van der Waals surface area contributed by atoms with Gasteiger partial charge in [0.05, 0.1) is 11.9 Å². The first-order chi connectivity index (χ1) is 10.3. The van der Waals surface area contributed by atoms with E-state index in [0.29, 0.717) is 17.3 Å². The molecule has 2 N–H and O–H groups in total. The molecule has 1 aromatic heterocycles. The molecule has 0 bridgehead atoms. The first-order valence-electron chi connectivity index (χ1n) is 7.05. The lowest BCUT2D eigenvalue weighted by Crippen LogP contribution is -2.12. The van der Waals surface area contributed by atoms with Crippen molar-refractivity contribution in [3.05, 3.63) is 48.2 Å². The van der Waals surface area contributed by atoms with Crippen molar-refractivity contribution in [2.45, 2.75) is 26.2 Å². The molecule has 2 aromatic rings. The van der Waals surface area contributed by atoms with E-state index in [0.717, 1.165) is 0 Å². The van der Waals surface area contributed by atoms with Gasteiger partial charge in [0.25, 0.3) is 0 Å². The van der Waals surface area contributed by atoms with Crippen LogP contribution in [0, 0.1) is 0 Å². The Bertz CT molecular complexity index is 628. The van der Waals surface area contributed by atoms with Gasteiger partial charge in [-0.05, 0) is 29.2 Å². The van der Waals surface area contributed by atoms with Crippen molar-refractivity contribution in [1.82, 2.24) is 4.98 Å². The summed E-state index contributed by atoms with van der Waals surface area (Å²) in [6.45, 7) is 6.34. The van der Waals surface area contributed by atoms with Crippen molar-refractivity contribution in [2.24, 2.45) is 0 Å². The molecule has 0 fully saturated rings. The van der Waals surface area contributed by atoms with E-state index in [1.807, 2.05) is 24.3 Å². The second-order valence-electron chi connectivity index (χ2n) is 6.01. The Balaban J connectivity index is 2.00. The summed E-state index contributed by atoms with van der Waals surface area (Å²) in [4.78, 5) is 14.6. The van der Waals surface area contributed by atoms with Crippen molar-refractivity contribution >= 4 is 11.7 Å². The third kappa shape index (κ3) is 4.48. The normalized spacial score (nSPS) is 11.0. The molecule has 1 heterocycles. The molecule has 116 valence electrons. The van der Waals surface area contributed by atoms with E-state index < -0.39 is 5.97 Å². The summed E-state index contributed by atoms with van der Waals surface area (Å²) in [6.07, 6.45) is 1.54. The average Bonchev–Trinajstić information content (AvgIpc) is 2.46. The molecule has 0 spiro atoms. The van der Waals surface area contributed by atoms with E-state index >= 15 is 0 Å². The maximum Gasteiger partial charge on any atom is 0.322 e. The summed E-state index contributed by atoms with van der Waals surface area (Å²) < 4.78 is 5.67. The SMILES string of the molecule is CC(C)(C)c1ccc(Oc2ccc(NCC(=O)O)cn2)cc1. The number of carbonyl (C=O) groups is 1. The molecule has 0 aliphatic carbocycles. The molecule has 5 heteroatoms. The van der Waals surface area contributed by atoms with Gasteiger partial charge in [0, 0.05) is 6.07 Å². The van der Waals surface area contributed by atoms with Crippen molar-refractivity contribution in [3.63, 3.8) is 0 Å². The smallest absolute Gasteiger partial charge is 0.322 e. The van der Waals surface area contributed by atoms with Crippen molar-refractivity contribution in [1.29, 1.82) is 0 Å². The zero-order chi connectivity index (χ0) is 16.2. The summed E-state index contributed by atoms with van der Waals surface area (Å²) in [5, 5.41) is 11.3. The van der Waals surface area contributed by atoms with Gasteiger partial charge in [-0.3, -0.25) is 4.79 Å². The van der Waals surface area contributed by atoms with E-state index in [1.54, 1.807) is 18.3 Å². The van der Waals surface area contributed by atoms with E-state index in [-0.39, 0.29) is 12.0 Å². The number of rotatable bonds is 5. The van der Waals surface area contributed by atoms with Crippen LogP contribution in [-0.2, 0) is 10.2 Å². The molecule has 0 aliphatic heterocycles. The topological polar surface area (TPSA) is 71.5 Å². The minimum absolute atomic E-state index is 0.105. The fourth-order valence-corrected chi connectivity index (χ4v) is 1.87. The lowest BCUT2D eigenvalue weighted by molar-refractivity contribution is -0.134. The minimum atomic E-state index is -0.917. The van der Waals surface area contributed by atoms with Crippen LogP contribution in [0.25, 0.3) is 0 Å². The Kier molecular flexibility index (Phi) is 4.65. The van der Waals surface area contributed by atoms with Gasteiger partial charge in [-0.1, -0.05) is 32.9 Å². The van der Waals surface area contributed by atoms with Crippen molar-refractivity contribution in [2.75, 3.05) is 11.9 Å². The number of carboxylic acid groups (broad SMARTS) is 1. The monoisotopic (exact) mass is 300 g/mol. The van der Waals surface area contributed by atoms with Gasteiger partial charge >= 0.3 is 5.97 Å². The fourth-order valence-electron chi connectivity index (χ4n) is 1.87. The lowest BCUT2D eigenvalue weighted by atomic mass is 9.87. The predicted octanol–water partition coefficient (Wildman–Crippen LogP) is 3.67. The third-order valence-electron chi connectivity index (χ3n) is 3.12. The molecule has 2 rings (SSSR count). The van der Waals surface area contributed by atoms with Crippen LogP contribution in [-0.4, -0.2) is 22.6 Å². The molecule has 0 atom stereocenters. The van der Waals surface area contributed by atoms with Crippen LogP contribution < -0.4 is 10.1 Å². The molecule has 0 radical (unpaired) electrons. The number of carboxylic acids is 1. The van der Waals surface area contributed by atoms with Gasteiger partial charge < -0.3 is 15.2 Å². The minimum Gasteiger partial charge on any atom is -0.480 e. The van der Waals surface area contributed by atoms with E-state index in [2.05, 4.69) is 31.1 Å². The molecule has 22 heavy (non-hydrogen) atoms. The van der Waals surface area contributed by atoms with E-state index in [1.165, 1.54) is 5.56 Å². The number of anilines is 1. The van der Waals surface area contributed by atoms with Gasteiger partial charge in [-0.15, -0.1) is 0 Å². The predicted molar refractivity (Wildman–Crippen MR) is 85.6 cm³/mol. The Hall–Kier alpha value is -2.56. The number of nitrogens with one attached hydrogen (secondary N) is 1. The quantitative estimate of drug-likeness (QED) is 0.881. The zero-order valence-electron chi connectivity index (χ0n) is 13.0.